The molecule has 1 fully saturated rings. The van der Waals surface area contributed by atoms with Crippen LogP contribution in [-0.2, 0) is 9.31 Å². The first-order chi connectivity index (χ1) is 9.30. The van der Waals surface area contributed by atoms with Crippen molar-refractivity contribution < 1.29 is 14.0 Å². The molecule has 0 radical (unpaired) electrons. The van der Waals surface area contributed by atoms with Crippen molar-refractivity contribution in [3.05, 3.63) is 18.2 Å². The maximum Gasteiger partial charge on any atom is 0.495 e. The fourth-order valence-corrected chi connectivity index (χ4v) is 2.76. The number of alkyl halides is 1. The van der Waals surface area contributed by atoms with Gasteiger partial charge in [-0.1, -0.05) is 6.07 Å². The number of anilines is 1. The molecule has 0 aromatic heterocycles. The van der Waals surface area contributed by atoms with Crippen LogP contribution in [0, 0.1) is 0 Å². The molecule has 2 heterocycles. The van der Waals surface area contributed by atoms with Gasteiger partial charge in [-0.05, 0) is 61.0 Å². The summed E-state index contributed by atoms with van der Waals surface area (Å²) in [5.41, 5.74) is 1.80. The molecular weight excluding hydrogens is 368 g/mol. The van der Waals surface area contributed by atoms with Crippen molar-refractivity contribution in [1.82, 2.24) is 0 Å². The number of ether oxygens (including phenoxy) is 1. The monoisotopic (exact) mass is 387 g/mol. The van der Waals surface area contributed by atoms with Crippen molar-refractivity contribution in [2.75, 3.05) is 25.1 Å². The summed E-state index contributed by atoms with van der Waals surface area (Å²) in [7, 11) is 1.74. The Kier molecular flexibility index (Phi) is 3.46. The summed E-state index contributed by atoms with van der Waals surface area (Å²) in [5.74, 6) is 0.906. The average molecular weight is 387 g/mol. The highest BCUT2D eigenvalue weighted by atomic mass is 127. The van der Waals surface area contributed by atoms with Crippen LogP contribution in [0.4, 0.5) is 5.69 Å². The topological polar surface area (TPSA) is 30.9 Å². The highest BCUT2D eigenvalue weighted by Crippen LogP contribution is 2.42. The third kappa shape index (κ3) is 2.31. The lowest BCUT2D eigenvalue weighted by molar-refractivity contribution is 0.0726. The van der Waals surface area contributed by atoms with E-state index in [-0.39, 0.29) is 16.3 Å². The van der Waals surface area contributed by atoms with Crippen molar-refractivity contribution in [1.29, 1.82) is 0 Å². The summed E-state index contributed by atoms with van der Waals surface area (Å²) in [6.07, 6.45) is 0. The fourth-order valence-electron chi connectivity index (χ4n) is 2.40. The summed E-state index contributed by atoms with van der Waals surface area (Å²) in [4.78, 5) is 2.20. The summed E-state index contributed by atoms with van der Waals surface area (Å²) >= 11 is 2.31. The van der Waals surface area contributed by atoms with Gasteiger partial charge in [0.15, 0.2) is 0 Å². The van der Waals surface area contributed by atoms with Gasteiger partial charge in [-0.3, -0.25) is 0 Å². The van der Waals surface area contributed by atoms with Crippen molar-refractivity contribution in [2.24, 2.45) is 0 Å². The van der Waals surface area contributed by atoms with Gasteiger partial charge in [0, 0.05) is 7.05 Å². The molecule has 2 aliphatic heterocycles. The minimum atomic E-state index is -0.344. The summed E-state index contributed by atoms with van der Waals surface area (Å²) in [6, 6.07) is 6.17. The third-order valence-corrected chi connectivity index (χ3v) is 5.71. The molecular formula is C14H19BINO3. The van der Waals surface area contributed by atoms with Crippen LogP contribution in [-0.4, -0.2) is 36.5 Å². The third-order valence-electron chi connectivity index (χ3n) is 4.16. The van der Waals surface area contributed by atoms with Gasteiger partial charge in [0.05, 0.1) is 17.8 Å². The maximum atomic E-state index is 6.07. The van der Waals surface area contributed by atoms with Gasteiger partial charge in [-0.2, -0.15) is 0 Å². The van der Waals surface area contributed by atoms with Crippen LogP contribution in [0.3, 0.4) is 0 Å². The quantitative estimate of drug-likeness (QED) is 0.420. The number of fused-ring (bicyclic) bond motifs is 1. The number of rotatable bonds is 1. The Morgan fingerprint density at radius 2 is 2.00 bits per heavy atom. The molecule has 2 aliphatic rings. The Bertz CT molecular complexity index is 519. The number of hydrogen-bond donors (Lipinski definition) is 0. The van der Waals surface area contributed by atoms with E-state index in [2.05, 4.69) is 67.4 Å². The zero-order valence-corrected chi connectivity index (χ0v) is 14.4. The van der Waals surface area contributed by atoms with E-state index < -0.39 is 0 Å². The van der Waals surface area contributed by atoms with E-state index in [1.165, 1.54) is 0 Å². The van der Waals surface area contributed by atoms with E-state index >= 15 is 0 Å². The van der Waals surface area contributed by atoms with Crippen LogP contribution >= 0.6 is 22.6 Å². The van der Waals surface area contributed by atoms with Gasteiger partial charge in [0.2, 0.25) is 0 Å². The van der Waals surface area contributed by atoms with Crippen LogP contribution in [0.15, 0.2) is 18.2 Å². The normalized spacial score (nSPS) is 28.2. The highest BCUT2D eigenvalue weighted by molar-refractivity contribution is 14.1. The number of likely N-dealkylation sites (N-methyl/N-ethyl adjacent to an activating group) is 1. The summed E-state index contributed by atoms with van der Waals surface area (Å²) < 4.78 is 17.5. The molecule has 4 nitrogen and oxygen atoms in total. The van der Waals surface area contributed by atoms with E-state index in [4.69, 9.17) is 14.0 Å². The molecule has 0 saturated carbocycles. The van der Waals surface area contributed by atoms with E-state index in [1.54, 1.807) is 0 Å². The second kappa shape index (κ2) is 4.78. The lowest BCUT2D eigenvalue weighted by Crippen LogP contribution is -2.38. The number of halogens is 1. The van der Waals surface area contributed by atoms with Crippen LogP contribution in [0.5, 0.6) is 5.75 Å². The Labute approximate surface area is 134 Å². The fraction of sp³-hybridized carbons (Fsp3) is 0.571. The summed E-state index contributed by atoms with van der Waals surface area (Å²) in [6.45, 7) is 7.80. The predicted molar refractivity (Wildman–Crippen MR) is 89.3 cm³/mol. The molecule has 108 valence electrons. The zero-order valence-electron chi connectivity index (χ0n) is 12.3. The molecule has 1 saturated heterocycles. The summed E-state index contributed by atoms with van der Waals surface area (Å²) in [5, 5.41) is 0. The first-order valence-electron chi connectivity index (χ1n) is 6.83. The lowest BCUT2D eigenvalue weighted by atomic mass is 9.79. The minimum absolute atomic E-state index is 0.328. The molecule has 1 unspecified atom stereocenters. The highest BCUT2D eigenvalue weighted by Gasteiger charge is 2.53. The number of nitrogens with zero attached hydrogens (tertiary/aromatic N) is 1. The first kappa shape index (κ1) is 14.5. The molecule has 0 N–H and O–H groups in total. The molecule has 0 spiro atoms. The van der Waals surface area contributed by atoms with Crippen molar-refractivity contribution in [3.63, 3.8) is 0 Å². The molecule has 0 bridgehead atoms. The lowest BCUT2D eigenvalue weighted by Gasteiger charge is -2.30. The molecule has 20 heavy (non-hydrogen) atoms. The van der Waals surface area contributed by atoms with Crippen LogP contribution in [0.2, 0.25) is 0 Å². The Hall–Kier alpha value is -0.465. The molecule has 1 aromatic rings. The Morgan fingerprint density at radius 1 is 1.25 bits per heavy atom. The van der Waals surface area contributed by atoms with Crippen molar-refractivity contribution in [2.45, 2.75) is 30.0 Å². The van der Waals surface area contributed by atoms with Crippen LogP contribution in [0.25, 0.3) is 0 Å². The first-order valence-corrected chi connectivity index (χ1v) is 7.90. The van der Waals surface area contributed by atoms with Gasteiger partial charge in [-0.25, -0.2) is 0 Å². The van der Waals surface area contributed by atoms with Crippen molar-refractivity contribution >= 4 is 40.9 Å². The maximum absolute atomic E-state index is 6.07. The Morgan fingerprint density at radius 3 is 2.65 bits per heavy atom. The molecule has 6 heteroatoms. The smallest absolute Gasteiger partial charge is 0.490 e. The minimum Gasteiger partial charge on any atom is -0.490 e. The largest absolute Gasteiger partial charge is 0.495 e. The van der Waals surface area contributed by atoms with Gasteiger partial charge in [-0.15, -0.1) is 0 Å². The molecule has 1 aromatic carbocycles. The zero-order chi connectivity index (χ0) is 14.5. The second-order valence-electron chi connectivity index (χ2n) is 5.99. The van der Waals surface area contributed by atoms with E-state index in [9.17, 15) is 0 Å². The molecule has 0 amide bonds. The average Bonchev–Trinajstić information content (AvgIpc) is 2.58. The van der Waals surface area contributed by atoms with Gasteiger partial charge in [0.1, 0.15) is 16.0 Å². The van der Waals surface area contributed by atoms with E-state index in [1.807, 2.05) is 6.07 Å². The van der Waals surface area contributed by atoms with E-state index in [0.717, 1.165) is 30.1 Å². The second-order valence-corrected chi connectivity index (χ2v) is 8.05. The van der Waals surface area contributed by atoms with Gasteiger partial charge < -0.3 is 18.9 Å². The van der Waals surface area contributed by atoms with Crippen LogP contribution in [0.1, 0.15) is 20.8 Å². The Balaban J connectivity index is 1.90. The predicted octanol–water partition coefficient (Wildman–Crippen LogP) is 2.19. The molecule has 0 aliphatic carbocycles. The standard InChI is InChI=1S/C14H19BINO3/c1-13(2)14(3,16)20-15(19-13)10-5-6-11-12(9-10)18-8-7-17(11)4/h5-6,9H,7-8H2,1-4H3. The SMILES string of the molecule is CN1CCOc2cc(B3OC(C)(C)C(C)(I)O3)ccc21. The van der Waals surface area contributed by atoms with Crippen molar-refractivity contribution in [3.8, 4) is 5.75 Å². The number of hydrogen-bond acceptors (Lipinski definition) is 4. The van der Waals surface area contributed by atoms with Gasteiger partial charge in [0.25, 0.3) is 0 Å². The van der Waals surface area contributed by atoms with Gasteiger partial charge >= 0.3 is 7.12 Å². The van der Waals surface area contributed by atoms with Crippen LogP contribution < -0.4 is 15.1 Å². The van der Waals surface area contributed by atoms with E-state index in [0.29, 0.717) is 0 Å². The molecule has 3 rings (SSSR count). The number of benzene rings is 1. The molecule has 1 atom stereocenters.